The lowest BCUT2D eigenvalue weighted by atomic mass is 9.85. The van der Waals surface area contributed by atoms with Crippen LogP contribution in [-0.4, -0.2) is 36.5 Å². The Morgan fingerprint density at radius 2 is 1.85 bits per heavy atom. The average Bonchev–Trinajstić information content (AvgIpc) is 2.90. The molecule has 2 saturated heterocycles. The molecule has 2 aliphatic heterocycles. The predicted octanol–water partition coefficient (Wildman–Crippen LogP) is 5.11. The Hall–Kier alpha value is -1.26. The van der Waals surface area contributed by atoms with Crippen molar-refractivity contribution in [1.29, 1.82) is 0 Å². The van der Waals surface area contributed by atoms with E-state index in [1.807, 2.05) is 0 Å². The third kappa shape index (κ3) is 4.27. The molecule has 5 heteroatoms. The molecule has 4 rings (SSSR count). The van der Waals surface area contributed by atoms with Gasteiger partial charge in [0.05, 0.1) is 12.8 Å². The van der Waals surface area contributed by atoms with Gasteiger partial charge in [0, 0.05) is 29.6 Å². The van der Waals surface area contributed by atoms with Crippen LogP contribution in [-0.2, 0) is 4.79 Å². The maximum Gasteiger partial charge on any atom is 0.227 e. The van der Waals surface area contributed by atoms with Gasteiger partial charge in [0.1, 0.15) is 5.75 Å². The molecule has 3 aliphatic rings. The first-order chi connectivity index (χ1) is 13.1. The van der Waals surface area contributed by atoms with Gasteiger partial charge < -0.3 is 10.1 Å². The minimum absolute atomic E-state index is 0.0915. The fourth-order valence-electron chi connectivity index (χ4n) is 5.47. The van der Waals surface area contributed by atoms with Crippen LogP contribution >= 0.6 is 11.6 Å². The van der Waals surface area contributed by atoms with Crippen LogP contribution in [0.25, 0.3) is 0 Å². The van der Waals surface area contributed by atoms with Gasteiger partial charge in [-0.2, -0.15) is 0 Å². The molecule has 2 unspecified atom stereocenters. The molecule has 4 nitrogen and oxygen atoms in total. The number of nitrogens with zero attached hydrogens (tertiary/aromatic N) is 1. The van der Waals surface area contributed by atoms with Gasteiger partial charge in [0.25, 0.3) is 0 Å². The molecule has 0 spiro atoms. The molecule has 2 atom stereocenters. The molecule has 1 aliphatic carbocycles. The highest BCUT2D eigenvalue weighted by molar-refractivity contribution is 6.31. The van der Waals surface area contributed by atoms with Crippen molar-refractivity contribution in [2.75, 3.05) is 19.0 Å². The number of carbonyl (C=O) groups is 1. The SMILES string of the molecule is COc1ccc(Cl)cc1NC(=O)C1CC2CCC(C1)N2CC1CCCCC1. The molecule has 1 N–H and O–H groups in total. The summed E-state index contributed by atoms with van der Waals surface area (Å²) in [6.07, 6.45) is 11.5. The zero-order chi connectivity index (χ0) is 18.8. The number of hydrogen-bond donors (Lipinski definition) is 1. The number of ether oxygens (including phenoxy) is 1. The summed E-state index contributed by atoms with van der Waals surface area (Å²) in [5, 5.41) is 3.68. The smallest absolute Gasteiger partial charge is 0.227 e. The van der Waals surface area contributed by atoms with E-state index in [0.717, 1.165) is 18.8 Å². The van der Waals surface area contributed by atoms with Crippen molar-refractivity contribution in [2.45, 2.75) is 69.9 Å². The van der Waals surface area contributed by atoms with Gasteiger partial charge in [-0.15, -0.1) is 0 Å². The van der Waals surface area contributed by atoms with Crippen molar-refractivity contribution < 1.29 is 9.53 Å². The summed E-state index contributed by atoms with van der Waals surface area (Å²) in [5.41, 5.74) is 0.673. The molecule has 1 aromatic carbocycles. The van der Waals surface area contributed by atoms with Gasteiger partial charge >= 0.3 is 0 Å². The van der Waals surface area contributed by atoms with Crippen LogP contribution < -0.4 is 10.1 Å². The summed E-state index contributed by atoms with van der Waals surface area (Å²) < 4.78 is 5.36. The fraction of sp³-hybridized carbons (Fsp3) is 0.682. The first-order valence-electron chi connectivity index (χ1n) is 10.5. The van der Waals surface area contributed by atoms with Crippen molar-refractivity contribution in [3.05, 3.63) is 23.2 Å². The maximum absolute atomic E-state index is 12.9. The molecule has 27 heavy (non-hydrogen) atoms. The van der Waals surface area contributed by atoms with Gasteiger partial charge in [0.15, 0.2) is 0 Å². The van der Waals surface area contributed by atoms with E-state index in [4.69, 9.17) is 16.3 Å². The third-order valence-corrected chi connectivity index (χ3v) is 7.10. The normalized spacial score (nSPS) is 28.9. The summed E-state index contributed by atoms with van der Waals surface area (Å²) in [6.45, 7) is 1.26. The molecule has 1 aromatic rings. The number of nitrogens with one attached hydrogen (secondary N) is 1. The standard InChI is InChI=1S/C22H31ClN2O2/c1-27-21-10-7-17(23)13-20(21)24-22(26)16-11-18-8-9-19(12-16)25(18)14-15-5-3-2-4-6-15/h7,10,13,15-16,18-19H,2-6,8-9,11-12,14H2,1H3,(H,24,26). The Balaban J connectivity index is 1.38. The minimum Gasteiger partial charge on any atom is -0.495 e. The van der Waals surface area contributed by atoms with Crippen molar-refractivity contribution >= 4 is 23.2 Å². The van der Waals surface area contributed by atoms with E-state index in [0.29, 0.717) is 28.5 Å². The number of amides is 1. The number of benzene rings is 1. The zero-order valence-electron chi connectivity index (χ0n) is 16.3. The number of anilines is 1. The lowest BCUT2D eigenvalue weighted by Gasteiger charge is -2.41. The first-order valence-corrected chi connectivity index (χ1v) is 10.9. The van der Waals surface area contributed by atoms with Gasteiger partial charge in [-0.1, -0.05) is 30.9 Å². The van der Waals surface area contributed by atoms with Crippen LogP contribution in [0.3, 0.4) is 0 Å². The van der Waals surface area contributed by atoms with Crippen molar-refractivity contribution in [3.8, 4) is 5.75 Å². The van der Waals surface area contributed by atoms with E-state index in [9.17, 15) is 4.79 Å². The van der Waals surface area contributed by atoms with Crippen molar-refractivity contribution in [1.82, 2.24) is 4.90 Å². The molecular formula is C22H31ClN2O2. The molecule has 3 fully saturated rings. The van der Waals surface area contributed by atoms with Crippen molar-refractivity contribution in [3.63, 3.8) is 0 Å². The van der Waals surface area contributed by atoms with Crippen LogP contribution in [0, 0.1) is 11.8 Å². The Bertz CT molecular complexity index is 660. The molecule has 1 amide bonds. The zero-order valence-corrected chi connectivity index (χ0v) is 17.0. The number of hydrogen-bond acceptors (Lipinski definition) is 3. The summed E-state index contributed by atoms with van der Waals surface area (Å²) in [4.78, 5) is 15.7. The summed E-state index contributed by atoms with van der Waals surface area (Å²) in [6, 6.07) is 6.52. The van der Waals surface area contributed by atoms with Crippen LogP contribution in [0.2, 0.25) is 5.02 Å². The largest absolute Gasteiger partial charge is 0.495 e. The maximum atomic E-state index is 12.9. The number of fused-ring (bicyclic) bond motifs is 2. The summed E-state index contributed by atoms with van der Waals surface area (Å²) >= 11 is 6.10. The minimum atomic E-state index is 0.0915. The Morgan fingerprint density at radius 3 is 2.52 bits per heavy atom. The van der Waals surface area contributed by atoms with Crippen LogP contribution in [0.4, 0.5) is 5.69 Å². The van der Waals surface area contributed by atoms with E-state index in [2.05, 4.69) is 10.2 Å². The topological polar surface area (TPSA) is 41.6 Å². The Labute approximate surface area is 167 Å². The molecule has 0 radical (unpaired) electrons. The summed E-state index contributed by atoms with van der Waals surface area (Å²) in [5.74, 6) is 1.74. The number of carbonyl (C=O) groups excluding carboxylic acids is 1. The van der Waals surface area contributed by atoms with E-state index >= 15 is 0 Å². The molecule has 0 aromatic heterocycles. The van der Waals surface area contributed by atoms with E-state index in [-0.39, 0.29) is 11.8 Å². The Kier molecular flexibility index (Phi) is 5.93. The van der Waals surface area contributed by atoms with E-state index in [1.165, 1.54) is 51.5 Å². The van der Waals surface area contributed by atoms with Gasteiger partial charge in [0.2, 0.25) is 5.91 Å². The fourth-order valence-corrected chi connectivity index (χ4v) is 5.64. The van der Waals surface area contributed by atoms with E-state index in [1.54, 1.807) is 25.3 Å². The Morgan fingerprint density at radius 1 is 1.15 bits per heavy atom. The highest BCUT2D eigenvalue weighted by atomic mass is 35.5. The molecule has 2 heterocycles. The summed E-state index contributed by atoms with van der Waals surface area (Å²) in [7, 11) is 1.61. The molecule has 1 saturated carbocycles. The monoisotopic (exact) mass is 390 g/mol. The second-order valence-corrected chi connectivity index (χ2v) is 9.02. The number of rotatable bonds is 5. The van der Waals surface area contributed by atoms with Gasteiger partial charge in [-0.05, 0) is 62.6 Å². The second-order valence-electron chi connectivity index (χ2n) is 8.59. The first kappa shape index (κ1) is 19.1. The molecular weight excluding hydrogens is 360 g/mol. The van der Waals surface area contributed by atoms with Crippen LogP contribution in [0.1, 0.15) is 57.8 Å². The van der Waals surface area contributed by atoms with E-state index < -0.39 is 0 Å². The molecule has 148 valence electrons. The quantitative estimate of drug-likeness (QED) is 0.759. The highest BCUT2D eigenvalue weighted by Crippen LogP contribution is 2.41. The van der Waals surface area contributed by atoms with Crippen LogP contribution in [0.5, 0.6) is 5.75 Å². The second kappa shape index (κ2) is 8.40. The van der Waals surface area contributed by atoms with Gasteiger partial charge in [-0.3, -0.25) is 9.69 Å². The lowest BCUT2D eigenvalue weighted by molar-refractivity contribution is -0.122. The predicted molar refractivity (Wildman–Crippen MR) is 109 cm³/mol. The number of methoxy groups -OCH3 is 1. The van der Waals surface area contributed by atoms with Crippen molar-refractivity contribution in [2.24, 2.45) is 11.8 Å². The highest BCUT2D eigenvalue weighted by Gasteiger charge is 2.43. The van der Waals surface area contributed by atoms with Crippen LogP contribution in [0.15, 0.2) is 18.2 Å². The number of piperidine rings is 1. The molecule has 2 bridgehead atoms. The number of halogens is 1. The lowest BCUT2D eigenvalue weighted by Crippen LogP contribution is -2.47. The van der Waals surface area contributed by atoms with Gasteiger partial charge in [-0.25, -0.2) is 0 Å². The average molecular weight is 391 g/mol. The third-order valence-electron chi connectivity index (χ3n) is 6.87.